The molecule has 0 aromatic heterocycles. The minimum atomic E-state index is -0.579. The molecule has 0 radical (unpaired) electrons. The van der Waals surface area contributed by atoms with Crippen LogP contribution in [0.15, 0.2) is 0 Å². The molecule has 1 aliphatic carbocycles. The van der Waals surface area contributed by atoms with Crippen LogP contribution in [0.4, 0.5) is 0 Å². The van der Waals surface area contributed by atoms with Gasteiger partial charge in [-0.05, 0) is 30.6 Å². The summed E-state index contributed by atoms with van der Waals surface area (Å²) in [7, 11) is 1.66. The molecular weight excluding hydrogens is 164 g/mol. The van der Waals surface area contributed by atoms with Gasteiger partial charge < -0.3 is 9.84 Å². The summed E-state index contributed by atoms with van der Waals surface area (Å²) in [6.45, 7) is 7.15. The molecule has 0 aromatic carbocycles. The van der Waals surface area contributed by atoms with Gasteiger partial charge in [0.25, 0.3) is 0 Å². The molecule has 1 rings (SSSR count). The summed E-state index contributed by atoms with van der Waals surface area (Å²) >= 11 is 0. The highest BCUT2D eigenvalue weighted by Crippen LogP contribution is 2.43. The van der Waals surface area contributed by atoms with Gasteiger partial charge in [-0.15, -0.1) is 0 Å². The van der Waals surface area contributed by atoms with Gasteiger partial charge in [0.05, 0.1) is 12.2 Å². The number of ether oxygens (including phenoxy) is 1. The normalized spacial score (nSPS) is 39.0. The lowest BCUT2D eigenvalue weighted by Crippen LogP contribution is -2.47. The average molecular weight is 186 g/mol. The summed E-state index contributed by atoms with van der Waals surface area (Å²) in [5.41, 5.74) is -0.191. The topological polar surface area (TPSA) is 29.5 Å². The molecule has 1 aliphatic rings. The van der Waals surface area contributed by atoms with Crippen LogP contribution in [-0.2, 0) is 4.74 Å². The zero-order valence-corrected chi connectivity index (χ0v) is 9.26. The number of aliphatic hydroxyl groups is 1. The van der Waals surface area contributed by atoms with Gasteiger partial charge in [-0.25, -0.2) is 0 Å². The number of rotatable bonds is 2. The van der Waals surface area contributed by atoms with E-state index in [2.05, 4.69) is 20.8 Å². The quantitative estimate of drug-likeness (QED) is 0.716. The maximum absolute atomic E-state index is 10.2. The van der Waals surface area contributed by atoms with Crippen molar-refractivity contribution in [1.82, 2.24) is 0 Å². The molecule has 0 bridgehead atoms. The molecule has 0 aliphatic heterocycles. The zero-order valence-electron chi connectivity index (χ0n) is 9.26. The minimum Gasteiger partial charge on any atom is -0.387 e. The maximum atomic E-state index is 10.2. The van der Waals surface area contributed by atoms with Crippen LogP contribution in [0.5, 0.6) is 0 Å². The van der Waals surface area contributed by atoms with Crippen LogP contribution in [-0.4, -0.2) is 24.4 Å². The second-order valence-corrected chi connectivity index (χ2v) is 5.31. The van der Waals surface area contributed by atoms with E-state index in [-0.39, 0.29) is 0 Å². The van der Waals surface area contributed by atoms with Crippen LogP contribution in [0.1, 0.15) is 40.0 Å². The molecule has 0 aromatic rings. The van der Waals surface area contributed by atoms with E-state index >= 15 is 0 Å². The first kappa shape index (κ1) is 11.0. The Morgan fingerprint density at radius 2 is 2.00 bits per heavy atom. The monoisotopic (exact) mass is 186 g/mol. The maximum Gasteiger partial charge on any atom is 0.0905 e. The highest BCUT2D eigenvalue weighted by molar-refractivity contribution is 4.93. The lowest BCUT2D eigenvalue weighted by atomic mass is 9.66. The first-order chi connectivity index (χ1) is 5.90. The van der Waals surface area contributed by atoms with Crippen LogP contribution < -0.4 is 0 Å². The van der Waals surface area contributed by atoms with Gasteiger partial charge in [-0.2, -0.15) is 0 Å². The van der Waals surface area contributed by atoms with Crippen LogP contribution in [0.25, 0.3) is 0 Å². The van der Waals surface area contributed by atoms with Crippen molar-refractivity contribution in [2.75, 3.05) is 13.7 Å². The summed E-state index contributed by atoms with van der Waals surface area (Å²) in [4.78, 5) is 0. The van der Waals surface area contributed by atoms with E-state index in [4.69, 9.17) is 4.74 Å². The Balaban J connectivity index is 2.62. The Bertz CT molecular complexity index is 177. The van der Waals surface area contributed by atoms with E-state index < -0.39 is 5.60 Å². The van der Waals surface area contributed by atoms with Gasteiger partial charge in [0.15, 0.2) is 0 Å². The van der Waals surface area contributed by atoms with Crippen LogP contribution in [0.3, 0.4) is 0 Å². The highest BCUT2D eigenvalue weighted by atomic mass is 16.5. The lowest BCUT2D eigenvalue weighted by Gasteiger charge is -2.44. The lowest BCUT2D eigenvalue weighted by molar-refractivity contribution is -0.111. The molecule has 0 heterocycles. The van der Waals surface area contributed by atoms with Gasteiger partial charge in [0, 0.05) is 7.11 Å². The van der Waals surface area contributed by atoms with Crippen molar-refractivity contribution in [3.63, 3.8) is 0 Å². The molecule has 0 saturated heterocycles. The molecule has 2 nitrogen and oxygen atoms in total. The predicted octanol–water partition coefficient (Wildman–Crippen LogP) is 2.21. The second-order valence-electron chi connectivity index (χ2n) is 5.31. The number of hydrogen-bond acceptors (Lipinski definition) is 2. The van der Waals surface area contributed by atoms with Gasteiger partial charge in [0.1, 0.15) is 0 Å². The smallest absolute Gasteiger partial charge is 0.0905 e. The fraction of sp³-hybridized carbons (Fsp3) is 1.00. The number of methoxy groups -OCH3 is 1. The Kier molecular flexibility index (Phi) is 3.03. The van der Waals surface area contributed by atoms with Gasteiger partial charge in [-0.1, -0.05) is 20.8 Å². The molecule has 2 atom stereocenters. The molecule has 1 fully saturated rings. The summed E-state index contributed by atoms with van der Waals surface area (Å²) in [6.07, 6.45) is 3.05. The van der Waals surface area contributed by atoms with Crippen molar-refractivity contribution in [1.29, 1.82) is 0 Å². The summed E-state index contributed by atoms with van der Waals surface area (Å²) in [5, 5.41) is 10.2. The molecule has 2 heteroatoms. The standard InChI is InChI=1S/C11H22O2/c1-9-7-10(2,3)5-6-11(9,12)8-13-4/h9,12H,5-8H2,1-4H3. The molecule has 0 spiro atoms. The third kappa shape index (κ3) is 2.44. The molecule has 13 heavy (non-hydrogen) atoms. The van der Waals surface area contributed by atoms with Crippen molar-refractivity contribution in [3.05, 3.63) is 0 Å². The van der Waals surface area contributed by atoms with Crippen molar-refractivity contribution in [3.8, 4) is 0 Å². The summed E-state index contributed by atoms with van der Waals surface area (Å²) < 4.78 is 5.07. The zero-order chi connectivity index (χ0) is 10.1. The van der Waals surface area contributed by atoms with Gasteiger partial charge in [0.2, 0.25) is 0 Å². The third-order valence-corrected chi connectivity index (χ3v) is 3.41. The second kappa shape index (κ2) is 3.58. The van der Waals surface area contributed by atoms with Crippen molar-refractivity contribution in [2.45, 2.75) is 45.6 Å². The first-order valence-electron chi connectivity index (χ1n) is 5.11. The molecule has 0 amide bonds. The molecular formula is C11H22O2. The van der Waals surface area contributed by atoms with Crippen LogP contribution in [0.2, 0.25) is 0 Å². The SMILES string of the molecule is COCC1(O)CCC(C)(C)CC1C. The van der Waals surface area contributed by atoms with Crippen molar-refractivity contribution >= 4 is 0 Å². The van der Waals surface area contributed by atoms with E-state index in [0.29, 0.717) is 17.9 Å². The van der Waals surface area contributed by atoms with E-state index in [1.54, 1.807) is 7.11 Å². The Labute approximate surface area is 81.3 Å². The van der Waals surface area contributed by atoms with Crippen molar-refractivity contribution in [2.24, 2.45) is 11.3 Å². The van der Waals surface area contributed by atoms with Crippen LogP contribution >= 0.6 is 0 Å². The number of hydrogen-bond donors (Lipinski definition) is 1. The van der Waals surface area contributed by atoms with E-state index in [1.165, 1.54) is 0 Å². The summed E-state index contributed by atoms with van der Waals surface area (Å²) in [6, 6.07) is 0. The largest absolute Gasteiger partial charge is 0.387 e. The molecule has 1 saturated carbocycles. The minimum absolute atomic E-state index is 0.344. The fourth-order valence-electron chi connectivity index (χ4n) is 2.39. The molecule has 78 valence electrons. The van der Waals surface area contributed by atoms with E-state index in [0.717, 1.165) is 19.3 Å². The van der Waals surface area contributed by atoms with Crippen molar-refractivity contribution < 1.29 is 9.84 Å². The Morgan fingerprint density at radius 1 is 1.38 bits per heavy atom. The van der Waals surface area contributed by atoms with Gasteiger partial charge in [-0.3, -0.25) is 0 Å². The fourth-order valence-corrected chi connectivity index (χ4v) is 2.39. The Morgan fingerprint density at radius 3 is 2.46 bits per heavy atom. The average Bonchev–Trinajstić information content (AvgIpc) is 1.99. The van der Waals surface area contributed by atoms with E-state index in [1.807, 2.05) is 0 Å². The molecule has 2 unspecified atom stereocenters. The third-order valence-electron chi connectivity index (χ3n) is 3.41. The summed E-state index contributed by atoms with van der Waals surface area (Å²) in [5.74, 6) is 0.344. The van der Waals surface area contributed by atoms with Crippen LogP contribution in [0, 0.1) is 11.3 Å². The Hall–Kier alpha value is -0.0800. The van der Waals surface area contributed by atoms with Gasteiger partial charge >= 0.3 is 0 Å². The first-order valence-corrected chi connectivity index (χ1v) is 5.11. The predicted molar refractivity (Wildman–Crippen MR) is 53.6 cm³/mol. The highest BCUT2D eigenvalue weighted by Gasteiger charge is 2.42. The molecule has 1 N–H and O–H groups in total. The van der Waals surface area contributed by atoms with E-state index in [9.17, 15) is 5.11 Å².